The number of nitrogens with zero attached hydrogens (tertiary/aromatic N) is 6. The lowest BCUT2D eigenvalue weighted by atomic mass is 9.88. The van der Waals surface area contributed by atoms with E-state index in [1.54, 1.807) is 26.2 Å². The summed E-state index contributed by atoms with van der Waals surface area (Å²) >= 11 is 0. The van der Waals surface area contributed by atoms with Crippen LogP contribution < -0.4 is 10.2 Å². The van der Waals surface area contributed by atoms with Crippen molar-refractivity contribution in [2.24, 2.45) is 13.0 Å². The van der Waals surface area contributed by atoms with Crippen LogP contribution in [0, 0.1) is 18.8 Å². The monoisotopic (exact) mass is 537 g/mol. The van der Waals surface area contributed by atoms with Gasteiger partial charge in [-0.05, 0) is 48.9 Å². The Labute approximate surface area is 222 Å². The highest BCUT2D eigenvalue weighted by atomic mass is 32.2. The molecule has 0 amide bonds. The van der Waals surface area contributed by atoms with Gasteiger partial charge in [0.2, 0.25) is 5.95 Å². The van der Waals surface area contributed by atoms with Crippen molar-refractivity contribution in [2.75, 3.05) is 28.8 Å². The van der Waals surface area contributed by atoms with E-state index < -0.39 is 15.8 Å². The zero-order chi connectivity index (χ0) is 27.4. The number of benzene rings is 1. The summed E-state index contributed by atoms with van der Waals surface area (Å²) < 4.78 is 39.4. The van der Waals surface area contributed by atoms with Gasteiger partial charge in [0.05, 0.1) is 17.0 Å². The average molecular weight is 538 g/mol. The van der Waals surface area contributed by atoms with Crippen molar-refractivity contribution in [3.63, 3.8) is 0 Å². The lowest BCUT2D eigenvalue weighted by Crippen LogP contribution is -2.57. The van der Waals surface area contributed by atoms with E-state index in [2.05, 4.69) is 63.2 Å². The largest absolute Gasteiger partial charge is 0.368 e. The molecule has 0 unspecified atom stereocenters. The molecular weight excluding hydrogens is 505 g/mol. The van der Waals surface area contributed by atoms with Crippen molar-refractivity contribution in [3.8, 4) is 11.4 Å². The van der Waals surface area contributed by atoms with Gasteiger partial charge in [-0.2, -0.15) is 9.49 Å². The molecule has 0 saturated carbocycles. The van der Waals surface area contributed by atoms with Crippen LogP contribution in [0.3, 0.4) is 0 Å². The Morgan fingerprint density at radius 3 is 2.55 bits per heavy atom. The standard InChI is InChI=1S/C27H32FN7O2S/c1-15(2)19-7-8-22(35-13-18(17(35)4)14-38(6,36)37)21-12-30-24(11-20(19)21)31-23-9-10-29-27(32-23)25-16(3)33-34(5)26(25)28/h7-12,15,17-18H,13-14H2,1-6H3,(H,29,30,31,32)/t17-,18-/m1/s1. The van der Waals surface area contributed by atoms with E-state index in [9.17, 15) is 12.8 Å². The topological polar surface area (TPSA) is 106 Å². The smallest absolute Gasteiger partial charge is 0.222 e. The van der Waals surface area contributed by atoms with E-state index in [4.69, 9.17) is 0 Å². The van der Waals surface area contributed by atoms with Crippen LogP contribution in [0.4, 0.5) is 21.7 Å². The summed E-state index contributed by atoms with van der Waals surface area (Å²) in [4.78, 5) is 15.7. The van der Waals surface area contributed by atoms with E-state index in [1.807, 2.05) is 12.3 Å². The molecule has 4 aromatic rings. The first-order chi connectivity index (χ1) is 17.9. The molecule has 1 fully saturated rings. The number of anilines is 3. The van der Waals surface area contributed by atoms with Gasteiger partial charge in [0.1, 0.15) is 21.5 Å². The van der Waals surface area contributed by atoms with Crippen LogP contribution in [0.25, 0.3) is 22.2 Å². The van der Waals surface area contributed by atoms with Gasteiger partial charge in [-0.15, -0.1) is 0 Å². The molecule has 200 valence electrons. The minimum absolute atomic E-state index is 0.110. The quantitative estimate of drug-likeness (QED) is 0.364. The van der Waals surface area contributed by atoms with Crippen LogP contribution in [0.1, 0.15) is 37.9 Å². The van der Waals surface area contributed by atoms with Gasteiger partial charge < -0.3 is 10.2 Å². The van der Waals surface area contributed by atoms with Crippen molar-refractivity contribution in [1.29, 1.82) is 0 Å². The van der Waals surface area contributed by atoms with Crippen LogP contribution in [0.15, 0.2) is 36.7 Å². The van der Waals surface area contributed by atoms with Crippen LogP contribution in [-0.2, 0) is 16.9 Å². The molecule has 0 spiro atoms. The number of sulfone groups is 1. The van der Waals surface area contributed by atoms with Crippen LogP contribution >= 0.6 is 0 Å². The molecule has 1 aromatic carbocycles. The number of hydrogen-bond donors (Lipinski definition) is 1. The zero-order valence-corrected chi connectivity index (χ0v) is 23.2. The minimum Gasteiger partial charge on any atom is -0.368 e. The first-order valence-corrected chi connectivity index (χ1v) is 14.7. The van der Waals surface area contributed by atoms with E-state index in [-0.39, 0.29) is 35.0 Å². The molecule has 5 rings (SSSR count). The summed E-state index contributed by atoms with van der Waals surface area (Å²) in [5.74, 6) is 1.45. The summed E-state index contributed by atoms with van der Waals surface area (Å²) in [6, 6.07) is 8.08. The van der Waals surface area contributed by atoms with Crippen LogP contribution in [0.2, 0.25) is 0 Å². The fourth-order valence-electron chi connectivity index (χ4n) is 5.22. The van der Waals surface area contributed by atoms with E-state index in [0.717, 1.165) is 16.5 Å². The normalized spacial score (nSPS) is 17.7. The van der Waals surface area contributed by atoms with Crippen molar-refractivity contribution in [1.82, 2.24) is 24.7 Å². The number of aryl methyl sites for hydroxylation is 2. The third-order valence-electron chi connectivity index (χ3n) is 7.25. The number of rotatable bonds is 7. The van der Waals surface area contributed by atoms with Gasteiger partial charge in [-0.1, -0.05) is 19.9 Å². The molecule has 3 aromatic heterocycles. The molecule has 4 heterocycles. The number of nitrogens with one attached hydrogen (secondary N) is 1. The van der Waals surface area contributed by atoms with E-state index >= 15 is 0 Å². The Morgan fingerprint density at radius 1 is 1.16 bits per heavy atom. The molecule has 1 saturated heterocycles. The van der Waals surface area contributed by atoms with Crippen LogP contribution in [0.5, 0.6) is 0 Å². The lowest BCUT2D eigenvalue weighted by molar-refractivity contribution is 0.342. The lowest BCUT2D eigenvalue weighted by Gasteiger charge is -2.48. The predicted molar refractivity (Wildman–Crippen MR) is 148 cm³/mol. The highest BCUT2D eigenvalue weighted by Gasteiger charge is 2.38. The third kappa shape index (κ3) is 4.82. The van der Waals surface area contributed by atoms with Gasteiger partial charge in [0.25, 0.3) is 0 Å². The van der Waals surface area contributed by atoms with Gasteiger partial charge >= 0.3 is 0 Å². The Morgan fingerprint density at radius 2 is 1.92 bits per heavy atom. The molecule has 0 bridgehead atoms. The first-order valence-electron chi connectivity index (χ1n) is 12.6. The number of aromatic nitrogens is 5. The van der Waals surface area contributed by atoms with Gasteiger partial charge in [0.15, 0.2) is 5.82 Å². The third-order valence-corrected chi connectivity index (χ3v) is 8.29. The SMILES string of the molecule is Cc1nn(C)c(F)c1-c1nccc(Nc2cc3c(C(C)C)ccc(N4C[C@H](CS(C)(=O)=O)[C@H]4C)c3cn2)n1. The fourth-order valence-corrected chi connectivity index (χ4v) is 6.38. The first kappa shape index (κ1) is 26.0. The van der Waals surface area contributed by atoms with Gasteiger partial charge in [0, 0.05) is 55.3 Å². The average Bonchev–Trinajstić information content (AvgIpc) is 3.11. The van der Waals surface area contributed by atoms with Gasteiger partial charge in [-0.3, -0.25) is 0 Å². The molecule has 9 nitrogen and oxygen atoms in total. The van der Waals surface area contributed by atoms with Crippen LogP contribution in [-0.4, -0.2) is 57.7 Å². The molecule has 2 atom stereocenters. The summed E-state index contributed by atoms with van der Waals surface area (Å²) in [7, 11) is -1.48. The molecule has 38 heavy (non-hydrogen) atoms. The van der Waals surface area contributed by atoms with E-state index in [1.165, 1.54) is 16.5 Å². The summed E-state index contributed by atoms with van der Waals surface area (Å²) in [5.41, 5.74) is 3.02. The van der Waals surface area contributed by atoms with Crippen molar-refractivity contribution in [3.05, 3.63) is 53.9 Å². The highest BCUT2D eigenvalue weighted by molar-refractivity contribution is 7.90. The fraction of sp³-hybridized carbons (Fsp3) is 0.407. The Balaban J connectivity index is 1.48. The molecule has 1 N–H and O–H groups in total. The maximum absolute atomic E-state index is 14.6. The molecule has 1 aliphatic heterocycles. The zero-order valence-electron chi connectivity index (χ0n) is 22.4. The maximum Gasteiger partial charge on any atom is 0.222 e. The summed E-state index contributed by atoms with van der Waals surface area (Å²) in [6.45, 7) is 8.79. The molecule has 0 aliphatic carbocycles. The number of halogens is 1. The van der Waals surface area contributed by atoms with Crippen molar-refractivity contribution < 1.29 is 12.8 Å². The van der Waals surface area contributed by atoms with E-state index in [0.29, 0.717) is 23.9 Å². The molecule has 1 aliphatic rings. The Hall–Kier alpha value is -3.60. The number of fused-ring (bicyclic) bond motifs is 1. The number of pyridine rings is 1. The second kappa shape index (κ2) is 9.61. The maximum atomic E-state index is 14.6. The minimum atomic E-state index is -3.03. The Bertz CT molecular complexity index is 1630. The molecular formula is C27H32FN7O2S. The van der Waals surface area contributed by atoms with Crippen molar-refractivity contribution >= 4 is 37.9 Å². The highest BCUT2D eigenvalue weighted by Crippen LogP contribution is 2.39. The molecule has 11 heteroatoms. The number of hydrogen-bond acceptors (Lipinski definition) is 8. The Kier molecular flexibility index (Phi) is 6.58. The second-order valence-electron chi connectivity index (χ2n) is 10.5. The molecule has 0 radical (unpaired) electrons. The summed E-state index contributed by atoms with van der Waals surface area (Å²) in [6.07, 6.45) is 4.72. The van der Waals surface area contributed by atoms with Crippen molar-refractivity contribution in [2.45, 2.75) is 39.7 Å². The summed E-state index contributed by atoms with van der Waals surface area (Å²) in [5, 5.41) is 9.45. The predicted octanol–water partition coefficient (Wildman–Crippen LogP) is 4.61. The second-order valence-corrected chi connectivity index (χ2v) is 12.6. The van der Waals surface area contributed by atoms with Gasteiger partial charge in [-0.25, -0.2) is 28.1 Å².